The van der Waals surface area contributed by atoms with E-state index < -0.39 is 56.1 Å². The zero-order chi connectivity index (χ0) is 47.1. The molecule has 66 heavy (non-hydrogen) atoms. The molecule has 3 heterocycles. The van der Waals surface area contributed by atoms with Gasteiger partial charge < -0.3 is 46.9 Å². The number of nitrogens with one attached hydrogen (secondary N) is 1. The quantitative estimate of drug-likeness (QED) is 0.0289. The van der Waals surface area contributed by atoms with Crippen LogP contribution in [0.25, 0.3) is 0 Å². The van der Waals surface area contributed by atoms with Crippen molar-refractivity contribution >= 4 is 30.1 Å². The van der Waals surface area contributed by atoms with E-state index in [-0.39, 0.29) is 24.8 Å². The van der Waals surface area contributed by atoms with Crippen LogP contribution in [0.4, 0.5) is 4.39 Å². The number of H-pyrrole nitrogens is 1. The number of benzene rings is 3. The Hall–Kier alpha value is -3.36. The van der Waals surface area contributed by atoms with Crippen molar-refractivity contribution in [3.8, 4) is 11.5 Å². The first-order chi connectivity index (χ1) is 32.0. The lowest BCUT2D eigenvalue weighted by Crippen LogP contribution is -2.44. The van der Waals surface area contributed by atoms with Crippen LogP contribution in [0.3, 0.4) is 0 Å². The number of ether oxygens (including phenoxy) is 8. The number of halogens is 1. The van der Waals surface area contributed by atoms with Crippen molar-refractivity contribution in [2.75, 3.05) is 79.1 Å². The van der Waals surface area contributed by atoms with Crippen LogP contribution >= 0.6 is 30.1 Å². The van der Waals surface area contributed by atoms with Crippen LogP contribution in [-0.2, 0) is 43.1 Å². The van der Waals surface area contributed by atoms with Crippen molar-refractivity contribution in [2.45, 2.75) is 82.2 Å². The van der Waals surface area contributed by atoms with Gasteiger partial charge in [-0.05, 0) is 68.7 Å². The second kappa shape index (κ2) is 25.8. The van der Waals surface area contributed by atoms with E-state index in [1.54, 1.807) is 42.9 Å². The van der Waals surface area contributed by atoms with Gasteiger partial charge in [-0.3, -0.25) is 14.3 Å². The van der Waals surface area contributed by atoms with E-state index in [2.05, 4.69) is 9.65 Å². The van der Waals surface area contributed by atoms with Crippen molar-refractivity contribution < 1.29 is 51.3 Å². The van der Waals surface area contributed by atoms with Gasteiger partial charge in [0.15, 0.2) is 12.4 Å². The predicted octanol–water partition coefficient (Wildman–Crippen LogP) is 7.37. The summed E-state index contributed by atoms with van der Waals surface area (Å²) in [6.45, 7) is 10.6. The molecular formula is C47H63FN3O12PS2. The molecule has 4 aromatic rings. The van der Waals surface area contributed by atoms with E-state index in [1.807, 2.05) is 107 Å². The number of methoxy groups -OCH3 is 3. The average molecular weight is 976 g/mol. The zero-order valence-electron chi connectivity index (χ0n) is 38.6. The molecule has 2 aliphatic heterocycles. The Morgan fingerprint density at radius 3 is 1.88 bits per heavy atom. The van der Waals surface area contributed by atoms with E-state index in [4.69, 9.17) is 46.9 Å². The maximum Gasteiger partial charge on any atom is 0.330 e. The number of alkyl halides is 1. The second-order valence-electron chi connectivity index (χ2n) is 16.1. The van der Waals surface area contributed by atoms with Gasteiger partial charge in [0, 0.05) is 43.0 Å². The summed E-state index contributed by atoms with van der Waals surface area (Å²) in [6.07, 6.45) is -5.30. The normalized spacial score (nSPS) is 21.7. The molecule has 0 radical (unpaired) electrons. The molecule has 3 aromatic carbocycles. The SMILES string of the molecule is COCCOCCOCCO[C@@H]1CSSCC1OP(OC1[C@@H](F)[C@H](n2ccc(=O)[nH]c2=O)O[C@@H]1COC(c1ccccc1)(c1ccc(OC)cc1)c1ccc(OC)cc1)N(C(C)C)C(C)C. The molecule has 0 amide bonds. The van der Waals surface area contributed by atoms with E-state index in [0.29, 0.717) is 62.6 Å². The fourth-order valence-corrected chi connectivity index (χ4v) is 12.3. The van der Waals surface area contributed by atoms with Gasteiger partial charge in [-0.25, -0.2) is 13.9 Å². The number of rotatable bonds is 26. The van der Waals surface area contributed by atoms with E-state index in [9.17, 15) is 9.59 Å². The molecule has 0 bridgehead atoms. The summed E-state index contributed by atoms with van der Waals surface area (Å²) in [5, 5.41) is 0. The highest BCUT2D eigenvalue weighted by atomic mass is 33.1. The molecule has 19 heteroatoms. The molecule has 15 nitrogen and oxygen atoms in total. The molecule has 6 rings (SSSR count). The van der Waals surface area contributed by atoms with Crippen LogP contribution in [0.2, 0.25) is 0 Å². The van der Waals surface area contributed by atoms with Crippen LogP contribution in [-0.4, -0.2) is 136 Å². The first-order valence-corrected chi connectivity index (χ1v) is 25.6. The Morgan fingerprint density at radius 1 is 0.758 bits per heavy atom. The minimum Gasteiger partial charge on any atom is -0.497 e. The first-order valence-electron chi connectivity index (χ1n) is 22.0. The third-order valence-corrected chi connectivity index (χ3v) is 15.6. The molecule has 2 aliphatic rings. The Kier molecular flexibility index (Phi) is 20.4. The fraction of sp³-hybridized carbons (Fsp3) is 0.532. The monoisotopic (exact) mass is 975 g/mol. The highest BCUT2D eigenvalue weighted by Gasteiger charge is 2.52. The third-order valence-electron chi connectivity index (χ3n) is 11.0. The van der Waals surface area contributed by atoms with Crippen molar-refractivity contribution in [3.63, 3.8) is 0 Å². The van der Waals surface area contributed by atoms with Crippen molar-refractivity contribution in [1.29, 1.82) is 0 Å². The number of hydrogen-bond donors (Lipinski definition) is 1. The predicted molar refractivity (Wildman–Crippen MR) is 255 cm³/mol. The molecule has 2 saturated heterocycles. The zero-order valence-corrected chi connectivity index (χ0v) is 41.1. The highest BCUT2D eigenvalue weighted by molar-refractivity contribution is 8.76. The average Bonchev–Trinajstić information content (AvgIpc) is 3.62. The van der Waals surface area contributed by atoms with Gasteiger partial charge in [0.05, 0.1) is 66.6 Å². The number of aromatic amines is 1. The van der Waals surface area contributed by atoms with Gasteiger partial charge in [-0.1, -0.05) is 76.2 Å². The van der Waals surface area contributed by atoms with Gasteiger partial charge in [-0.2, -0.15) is 0 Å². The molecule has 0 spiro atoms. The summed E-state index contributed by atoms with van der Waals surface area (Å²) >= 11 is 0. The summed E-state index contributed by atoms with van der Waals surface area (Å²) in [6, 6.07) is 25.9. The standard InChI is InChI=1S/C47H63FN3O12PS2/c1-32(2)51(33(3)4)64(62-41-31-66-65-30-40(41)59-28-27-58-26-25-57-24-23-54-5)63-44-39(61-45(43(44)48)50-22-21-42(52)49-46(50)53)29-60-47(34-11-9-8-10-12-34,35-13-17-37(55-6)18-14-35)36-15-19-38(56-7)20-16-36/h8-22,32-33,39-41,43-45H,23-31H2,1-7H3,(H,49,52,53)/t39-,40-,41?,43-,44?,45-,64?/m1/s1. The highest BCUT2D eigenvalue weighted by Crippen LogP contribution is 2.53. The fourth-order valence-electron chi connectivity index (χ4n) is 7.84. The van der Waals surface area contributed by atoms with E-state index in [1.165, 1.54) is 6.20 Å². The van der Waals surface area contributed by atoms with Crippen molar-refractivity contribution in [2.24, 2.45) is 0 Å². The molecule has 1 N–H and O–H groups in total. The summed E-state index contributed by atoms with van der Waals surface area (Å²) in [5.74, 6) is 2.57. The lowest BCUT2D eigenvalue weighted by atomic mass is 9.80. The molecule has 2 fully saturated rings. The van der Waals surface area contributed by atoms with Gasteiger partial charge in [0.1, 0.15) is 35.4 Å². The van der Waals surface area contributed by atoms with E-state index in [0.717, 1.165) is 27.3 Å². The van der Waals surface area contributed by atoms with Crippen LogP contribution in [0.5, 0.6) is 11.5 Å². The van der Waals surface area contributed by atoms with Gasteiger partial charge in [0.25, 0.3) is 14.1 Å². The largest absolute Gasteiger partial charge is 0.497 e. The van der Waals surface area contributed by atoms with Gasteiger partial charge >= 0.3 is 5.69 Å². The Morgan fingerprint density at radius 2 is 1.32 bits per heavy atom. The maximum atomic E-state index is 17.6. The van der Waals surface area contributed by atoms with Crippen LogP contribution in [0.15, 0.2) is 101 Å². The minimum absolute atomic E-state index is 0.0795. The Balaban J connectivity index is 1.34. The topological polar surface area (TPSA) is 150 Å². The summed E-state index contributed by atoms with van der Waals surface area (Å²) in [4.78, 5) is 27.7. The Bertz CT molecular complexity index is 2100. The number of hydrogen-bond acceptors (Lipinski definition) is 15. The van der Waals surface area contributed by atoms with Crippen molar-refractivity contribution in [3.05, 3.63) is 129 Å². The minimum atomic E-state index is -2.01. The van der Waals surface area contributed by atoms with Crippen molar-refractivity contribution in [1.82, 2.24) is 14.2 Å². The number of aromatic nitrogens is 2. The third kappa shape index (κ3) is 13.2. The molecule has 362 valence electrons. The van der Waals surface area contributed by atoms with Gasteiger partial charge in [-0.15, -0.1) is 0 Å². The maximum absolute atomic E-state index is 17.6. The molecule has 1 aromatic heterocycles. The molecule has 3 unspecified atom stereocenters. The molecular weight excluding hydrogens is 913 g/mol. The smallest absolute Gasteiger partial charge is 0.330 e. The lowest BCUT2D eigenvalue weighted by Gasteiger charge is -2.41. The second-order valence-corrected chi connectivity index (χ2v) is 20.0. The molecule has 0 aliphatic carbocycles. The van der Waals surface area contributed by atoms with Crippen LogP contribution in [0.1, 0.15) is 50.6 Å². The Labute approximate surface area is 395 Å². The van der Waals surface area contributed by atoms with E-state index >= 15 is 4.39 Å². The van der Waals surface area contributed by atoms with Crippen LogP contribution in [0, 0.1) is 0 Å². The van der Waals surface area contributed by atoms with Gasteiger partial charge in [0.2, 0.25) is 0 Å². The molecule has 7 atom stereocenters. The number of nitrogens with zero attached hydrogens (tertiary/aromatic N) is 2. The summed E-state index contributed by atoms with van der Waals surface area (Å²) in [7, 11) is 6.20. The lowest BCUT2D eigenvalue weighted by molar-refractivity contribution is -0.0945. The first kappa shape index (κ1) is 52.0. The molecule has 0 saturated carbocycles. The van der Waals surface area contributed by atoms with Crippen LogP contribution < -0.4 is 20.7 Å². The summed E-state index contributed by atoms with van der Waals surface area (Å²) in [5.41, 5.74) is -0.416. The summed E-state index contributed by atoms with van der Waals surface area (Å²) < 4.78 is 82.2.